The van der Waals surface area contributed by atoms with Gasteiger partial charge < -0.3 is 4.57 Å². The standard InChI is InChI=1S/C19H16Cl2N2OS/c1-4-5-23-16-7-11(2)6-12(3)17(16)25-19(23)22-18(24)13-8-14(20)10-15(21)9-13/h4,6-10H,1,5H2,2-3H3. The quantitative estimate of drug-likeness (QED) is 0.539. The summed E-state index contributed by atoms with van der Waals surface area (Å²) in [5.74, 6) is -0.372. The van der Waals surface area contributed by atoms with Gasteiger partial charge in [0.05, 0.1) is 10.2 Å². The number of fused-ring (bicyclic) bond motifs is 1. The lowest BCUT2D eigenvalue weighted by Gasteiger charge is -2.03. The number of carbonyl (C=O) groups excluding carboxylic acids is 1. The van der Waals surface area contributed by atoms with Crippen LogP contribution in [0, 0.1) is 13.8 Å². The predicted octanol–water partition coefficient (Wildman–Crippen LogP) is 5.55. The number of thiazole rings is 1. The first kappa shape index (κ1) is 17.9. The molecule has 0 aliphatic carbocycles. The van der Waals surface area contributed by atoms with E-state index in [2.05, 4.69) is 37.6 Å². The molecule has 3 rings (SSSR count). The topological polar surface area (TPSA) is 34.4 Å². The summed E-state index contributed by atoms with van der Waals surface area (Å²) in [7, 11) is 0. The molecule has 0 fully saturated rings. The molecular weight excluding hydrogens is 375 g/mol. The molecule has 0 aliphatic heterocycles. The van der Waals surface area contributed by atoms with Crippen molar-refractivity contribution in [1.29, 1.82) is 0 Å². The smallest absolute Gasteiger partial charge is 0.279 e. The van der Waals surface area contributed by atoms with E-state index in [1.54, 1.807) is 24.3 Å². The molecule has 1 heterocycles. The highest BCUT2D eigenvalue weighted by atomic mass is 35.5. The molecule has 0 atom stereocenters. The highest BCUT2D eigenvalue weighted by Crippen LogP contribution is 2.24. The van der Waals surface area contributed by atoms with Crippen LogP contribution in [-0.2, 0) is 6.54 Å². The molecule has 3 aromatic rings. The molecule has 1 aromatic heterocycles. The molecule has 128 valence electrons. The summed E-state index contributed by atoms with van der Waals surface area (Å²) in [6.07, 6.45) is 1.80. The van der Waals surface area contributed by atoms with Crippen LogP contribution in [0.5, 0.6) is 0 Å². The van der Waals surface area contributed by atoms with Crippen LogP contribution < -0.4 is 4.80 Å². The third-order valence-corrected chi connectivity index (χ3v) is 5.40. The second-order valence-electron chi connectivity index (χ2n) is 5.79. The summed E-state index contributed by atoms with van der Waals surface area (Å²) in [6, 6.07) is 8.95. The number of nitrogens with zero attached hydrogens (tertiary/aromatic N) is 2. The van der Waals surface area contributed by atoms with Gasteiger partial charge in [0.15, 0.2) is 4.80 Å². The number of aromatic nitrogens is 1. The Kier molecular flexibility index (Phi) is 5.13. The van der Waals surface area contributed by atoms with Crippen LogP contribution in [0.1, 0.15) is 21.5 Å². The molecule has 2 aromatic carbocycles. The first-order chi connectivity index (χ1) is 11.9. The Bertz CT molecular complexity index is 1040. The first-order valence-corrected chi connectivity index (χ1v) is 9.23. The third-order valence-electron chi connectivity index (χ3n) is 3.73. The Morgan fingerprint density at radius 3 is 2.52 bits per heavy atom. The first-order valence-electron chi connectivity index (χ1n) is 7.65. The molecule has 0 N–H and O–H groups in total. The minimum atomic E-state index is -0.372. The van der Waals surface area contributed by atoms with Crippen LogP contribution >= 0.6 is 34.5 Å². The highest BCUT2D eigenvalue weighted by molar-refractivity contribution is 7.16. The number of rotatable bonds is 3. The highest BCUT2D eigenvalue weighted by Gasteiger charge is 2.12. The van der Waals surface area contributed by atoms with E-state index in [1.807, 2.05) is 4.57 Å². The summed E-state index contributed by atoms with van der Waals surface area (Å²) in [5, 5.41) is 0.820. The summed E-state index contributed by atoms with van der Waals surface area (Å²) < 4.78 is 3.11. The minimum absolute atomic E-state index is 0.369. The van der Waals surface area contributed by atoms with Crippen LogP contribution in [0.2, 0.25) is 10.0 Å². The van der Waals surface area contributed by atoms with Crippen molar-refractivity contribution in [2.24, 2.45) is 4.99 Å². The lowest BCUT2D eigenvalue weighted by atomic mass is 10.1. The Morgan fingerprint density at radius 1 is 1.20 bits per heavy atom. The normalized spacial score (nSPS) is 11.9. The molecule has 0 bridgehead atoms. The minimum Gasteiger partial charge on any atom is -0.312 e. The number of amides is 1. The van der Waals surface area contributed by atoms with E-state index < -0.39 is 0 Å². The van der Waals surface area contributed by atoms with Crippen molar-refractivity contribution in [1.82, 2.24) is 4.57 Å². The fourth-order valence-corrected chi connectivity index (χ4v) is 4.35. The molecule has 0 spiro atoms. The summed E-state index contributed by atoms with van der Waals surface area (Å²) in [5.41, 5.74) is 3.75. The van der Waals surface area contributed by atoms with Gasteiger partial charge in [0, 0.05) is 22.2 Å². The van der Waals surface area contributed by atoms with Gasteiger partial charge >= 0.3 is 0 Å². The second kappa shape index (κ2) is 7.16. The average molecular weight is 391 g/mol. The second-order valence-corrected chi connectivity index (χ2v) is 7.64. The maximum atomic E-state index is 12.6. The van der Waals surface area contributed by atoms with Gasteiger partial charge in [0.25, 0.3) is 5.91 Å². The number of allylic oxidation sites excluding steroid dienone is 1. The molecule has 0 saturated carbocycles. The number of benzene rings is 2. The van der Waals surface area contributed by atoms with Crippen LogP contribution in [0.3, 0.4) is 0 Å². The van der Waals surface area contributed by atoms with Gasteiger partial charge in [0.2, 0.25) is 0 Å². The Morgan fingerprint density at radius 2 is 1.88 bits per heavy atom. The van der Waals surface area contributed by atoms with Crippen LogP contribution in [-0.4, -0.2) is 10.5 Å². The zero-order valence-corrected chi connectivity index (χ0v) is 16.2. The average Bonchev–Trinajstić information content (AvgIpc) is 2.85. The molecule has 0 radical (unpaired) electrons. The summed E-state index contributed by atoms with van der Waals surface area (Å²) >= 11 is 13.5. The van der Waals surface area contributed by atoms with Crippen molar-refractivity contribution in [2.75, 3.05) is 0 Å². The van der Waals surface area contributed by atoms with Gasteiger partial charge in [-0.25, -0.2) is 0 Å². The number of hydrogen-bond donors (Lipinski definition) is 0. The van der Waals surface area contributed by atoms with Gasteiger partial charge in [-0.05, 0) is 49.2 Å². The SMILES string of the molecule is C=CCn1c(=NC(=O)c2cc(Cl)cc(Cl)c2)sc2c(C)cc(C)cc21. The van der Waals surface area contributed by atoms with E-state index in [0.717, 1.165) is 15.8 Å². The molecule has 25 heavy (non-hydrogen) atoms. The lowest BCUT2D eigenvalue weighted by molar-refractivity contribution is 0.0998. The zero-order valence-electron chi connectivity index (χ0n) is 13.8. The number of carbonyl (C=O) groups is 1. The monoisotopic (exact) mass is 390 g/mol. The molecule has 0 saturated heterocycles. The van der Waals surface area contributed by atoms with Gasteiger partial charge in [-0.3, -0.25) is 4.79 Å². The van der Waals surface area contributed by atoms with Gasteiger partial charge in [0.1, 0.15) is 0 Å². The van der Waals surface area contributed by atoms with Crippen molar-refractivity contribution >= 4 is 50.7 Å². The number of halogens is 2. The summed E-state index contributed by atoms with van der Waals surface area (Å²) in [4.78, 5) is 17.5. The Balaban J connectivity index is 2.21. The van der Waals surface area contributed by atoms with E-state index in [0.29, 0.717) is 27.0 Å². The van der Waals surface area contributed by atoms with Crippen LogP contribution in [0.4, 0.5) is 0 Å². The van der Waals surface area contributed by atoms with Crippen LogP contribution in [0.25, 0.3) is 10.2 Å². The Hall–Kier alpha value is -1.88. The fraction of sp³-hybridized carbons (Fsp3) is 0.158. The molecule has 6 heteroatoms. The van der Waals surface area contributed by atoms with Gasteiger partial charge in [-0.1, -0.05) is 46.7 Å². The van der Waals surface area contributed by atoms with E-state index >= 15 is 0 Å². The lowest BCUT2D eigenvalue weighted by Crippen LogP contribution is -2.16. The largest absolute Gasteiger partial charge is 0.312 e. The Labute approximate surface area is 159 Å². The van der Waals surface area contributed by atoms with E-state index in [-0.39, 0.29) is 5.91 Å². The number of aryl methyl sites for hydroxylation is 2. The molecule has 0 unspecified atom stereocenters. The van der Waals surface area contributed by atoms with Crippen LogP contribution in [0.15, 0.2) is 48.0 Å². The predicted molar refractivity (Wildman–Crippen MR) is 106 cm³/mol. The number of hydrogen-bond acceptors (Lipinski definition) is 2. The maximum absolute atomic E-state index is 12.6. The van der Waals surface area contributed by atoms with Gasteiger partial charge in [-0.15, -0.1) is 6.58 Å². The molecule has 1 amide bonds. The molecular formula is C19H16Cl2N2OS. The van der Waals surface area contributed by atoms with Crippen molar-refractivity contribution < 1.29 is 4.79 Å². The van der Waals surface area contributed by atoms with Crippen molar-refractivity contribution in [3.63, 3.8) is 0 Å². The fourth-order valence-electron chi connectivity index (χ4n) is 2.73. The van der Waals surface area contributed by atoms with Crippen molar-refractivity contribution in [3.05, 3.63) is 74.5 Å². The van der Waals surface area contributed by atoms with E-state index in [4.69, 9.17) is 23.2 Å². The summed E-state index contributed by atoms with van der Waals surface area (Å²) in [6.45, 7) is 8.50. The van der Waals surface area contributed by atoms with Gasteiger partial charge in [-0.2, -0.15) is 4.99 Å². The zero-order chi connectivity index (χ0) is 18.1. The van der Waals surface area contributed by atoms with Crippen molar-refractivity contribution in [3.8, 4) is 0 Å². The maximum Gasteiger partial charge on any atom is 0.279 e. The van der Waals surface area contributed by atoms with Crippen molar-refractivity contribution in [2.45, 2.75) is 20.4 Å². The van der Waals surface area contributed by atoms with E-state index in [9.17, 15) is 4.79 Å². The van der Waals surface area contributed by atoms with E-state index in [1.165, 1.54) is 16.9 Å². The molecule has 0 aliphatic rings. The molecule has 3 nitrogen and oxygen atoms in total. The third kappa shape index (κ3) is 3.71.